The number of piperidine rings is 1. The number of β-amino-alcohol motifs (C(OH)–C–C–N with tert-alkyl or cyclic N) is 1. The molecule has 1 N–H and O–H groups in total. The molecule has 21 heavy (non-hydrogen) atoms. The number of nitrogens with zero attached hydrogens (tertiary/aromatic N) is 1. The lowest BCUT2D eigenvalue weighted by Crippen LogP contribution is -2.43. The van der Waals surface area contributed by atoms with Gasteiger partial charge in [-0.05, 0) is 63.4 Å². The zero-order valence-electron chi connectivity index (χ0n) is 13.2. The van der Waals surface area contributed by atoms with Crippen LogP contribution in [0.15, 0.2) is 12.1 Å². The summed E-state index contributed by atoms with van der Waals surface area (Å²) in [7, 11) is 0. The number of rotatable bonds is 5. The molecular weight excluding hydrogens is 286 g/mol. The van der Waals surface area contributed by atoms with Crippen LogP contribution in [0.2, 0.25) is 5.02 Å². The van der Waals surface area contributed by atoms with Gasteiger partial charge in [-0.2, -0.15) is 0 Å². The third-order valence-electron chi connectivity index (χ3n) is 4.24. The van der Waals surface area contributed by atoms with E-state index < -0.39 is 6.10 Å². The summed E-state index contributed by atoms with van der Waals surface area (Å²) in [4.78, 5) is 2.36. The molecule has 1 aromatic rings. The predicted molar refractivity (Wildman–Crippen MR) is 87.3 cm³/mol. The molecule has 0 amide bonds. The second-order valence-corrected chi connectivity index (χ2v) is 6.55. The SMILES string of the molecule is Cc1cc(OC[C@@H](O)CN2CCCC[C@@H]2C)cc(C)c1Cl. The van der Waals surface area contributed by atoms with E-state index in [4.69, 9.17) is 16.3 Å². The highest BCUT2D eigenvalue weighted by molar-refractivity contribution is 6.32. The Kier molecular flexibility index (Phi) is 5.91. The zero-order valence-corrected chi connectivity index (χ0v) is 14.0. The summed E-state index contributed by atoms with van der Waals surface area (Å²) in [5.74, 6) is 0.778. The Morgan fingerprint density at radius 1 is 1.33 bits per heavy atom. The molecule has 2 atom stereocenters. The third-order valence-corrected chi connectivity index (χ3v) is 4.83. The summed E-state index contributed by atoms with van der Waals surface area (Å²) in [6.45, 7) is 8.26. The van der Waals surface area contributed by atoms with Gasteiger partial charge in [-0.3, -0.25) is 4.90 Å². The van der Waals surface area contributed by atoms with Gasteiger partial charge in [0.05, 0.1) is 0 Å². The monoisotopic (exact) mass is 311 g/mol. The second kappa shape index (κ2) is 7.48. The maximum atomic E-state index is 10.2. The van der Waals surface area contributed by atoms with E-state index in [1.54, 1.807) is 0 Å². The number of hydrogen-bond acceptors (Lipinski definition) is 3. The minimum absolute atomic E-state index is 0.323. The van der Waals surface area contributed by atoms with E-state index in [-0.39, 0.29) is 0 Å². The van der Waals surface area contributed by atoms with Gasteiger partial charge < -0.3 is 9.84 Å². The summed E-state index contributed by atoms with van der Waals surface area (Å²) in [6, 6.07) is 4.41. The lowest BCUT2D eigenvalue weighted by molar-refractivity contribution is 0.0437. The molecule has 0 radical (unpaired) electrons. The Bertz CT molecular complexity index is 455. The van der Waals surface area contributed by atoms with Gasteiger partial charge in [0.1, 0.15) is 18.5 Å². The van der Waals surface area contributed by atoms with Crippen molar-refractivity contribution in [2.24, 2.45) is 0 Å². The predicted octanol–water partition coefficient (Wildman–Crippen LogP) is 3.57. The number of likely N-dealkylation sites (tertiary alicyclic amines) is 1. The highest BCUT2D eigenvalue weighted by atomic mass is 35.5. The molecular formula is C17H26ClNO2. The van der Waals surface area contributed by atoms with Crippen LogP contribution in [0.5, 0.6) is 5.75 Å². The first-order valence-corrected chi connectivity index (χ1v) is 8.17. The van der Waals surface area contributed by atoms with E-state index in [2.05, 4.69) is 11.8 Å². The third kappa shape index (κ3) is 4.60. The molecule has 0 unspecified atom stereocenters. The van der Waals surface area contributed by atoms with Crippen molar-refractivity contribution in [3.63, 3.8) is 0 Å². The molecule has 1 heterocycles. The summed E-state index contributed by atoms with van der Waals surface area (Å²) in [5.41, 5.74) is 2.01. The fourth-order valence-corrected chi connectivity index (χ4v) is 3.04. The van der Waals surface area contributed by atoms with Crippen LogP contribution < -0.4 is 4.74 Å². The lowest BCUT2D eigenvalue weighted by atomic mass is 10.0. The van der Waals surface area contributed by atoms with Crippen molar-refractivity contribution in [3.8, 4) is 5.75 Å². The summed E-state index contributed by atoms with van der Waals surface area (Å²) in [6.07, 6.45) is 3.30. The van der Waals surface area contributed by atoms with Crippen LogP contribution in [-0.2, 0) is 0 Å². The molecule has 2 rings (SSSR count). The largest absolute Gasteiger partial charge is 0.491 e. The minimum atomic E-state index is -0.457. The van der Waals surface area contributed by atoms with Gasteiger partial charge in [0.2, 0.25) is 0 Å². The van der Waals surface area contributed by atoms with Crippen LogP contribution in [-0.4, -0.2) is 41.8 Å². The summed E-state index contributed by atoms with van der Waals surface area (Å²) in [5, 5.41) is 11.0. The number of aliphatic hydroxyl groups is 1. The average molecular weight is 312 g/mol. The normalized spacial score (nSPS) is 21.3. The van der Waals surface area contributed by atoms with Crippen molar-refractivity contribution in [2.75, 3.05) is 19.7 Å². The van der Waals surface area contributed by atoms with Crippen molar-refractivity contribution in [2.45, 2.75) is 52.2 Å². The standard InChI is InChI=1S/C17H26ClNO2/c1-12-8-16(9-13(2)17(12)18)21-11-15(20)10-19-7-5-4-6-14(19)3/h8-9,14-15,20H,4-7,10-11H2,1-3H3/t14-,15-/m0/s1. The zero-order chi connectivity index (χ0) is 15.4. The Morgan fingerprint density at radius 2 is 2.00 bits per heavy atom. The number of aryl methyl sites for hydroxylation is 2. The van der Waals surface area contributed by atoms with Crippen molar-refractivity contribution in [1.29, 1.82) is 0 Å². The molecule has 0 aromatic heterocycles. The number of aliphatic hydroxyl groups excluding tert-OH is 1. The van der Waals surface area contributed by atoms with Crippen LogP contribution in [0.4, 0.5) is 0 Å². The van der Waals surface area contributed by atoms with Crippen molar-refractivity contribution < 1.29 is 9.84 Å². The molecule has 0 saturated carbocycles. The molecule has 4 heteroatoms. The van der Waals surface area contributed by atoms with E-state index in [0.29, 0.717) is 19.2 Å². The van der Waals surface area contributed by atoms with Crippen LogP contribution in [0, 0.1) is 13.8 Å². The van der Waals surface area contributed by atoms with Gasteiger partial charge in [-0.15, -0.1) is 0 Å². The van der Waals surface area contributed by atoms with Crippen LogP contribution >= 0.6 is 11.6 Å². The summed E-state index contributed by atoms with van der Waals surface area (Å²) < 4.78 is 5.73. The molecule has 3 nitrogen and oxygen atoms in total. The highest BCUT2D eigenvalue weighted by Gasteiger charge is 2.21. The number of halogens is 1. The molecule has 0 bridgehead atoms. The molecule has 118 valence electrons. The number of ether oxygens (including phenoxy) is 1. The van der Waals surface area contributed by atoms with E-state index in [0.717, 1.165) is 28.4 Å². The Labute approximate surface area is 132 Å². The molecule has 1 aliphatic heterocycles. The fraction of sp³-hybridized carbons (Fsp3) is 0.647. The van der Waals surface area contributed by atoms with Crippen molar-refractivity contribution in [1.82, 2.24) is 4.90 Å². The first-order valence-electron chi connectivity index (χ1n) is 7.79. The topological polar surface area (TPSA) is 32.7 Å². The maximum absolute atomic E-state index is 10.2. The van der Waals surface area contributed by atoms with Crippen molar-refractivity contribution in [3.05, 3.63) is 28.3 Å². The highest BCUT2D eigenvalue weighted by Crippen LogP contribution is 2.26. The lowest BCUT2D eigenvalue weighted by Gasteiger charge is -2.34. The van der Waals surface area contributed by atoms with E-state index >= 15 is 0 Å². The van der Waals surface area contributed by atoms with Gasteiger partial charge in [0, 0.05) is 17.6 Å². The average Bonchev–Trinajstić information content (AvgIpc) is 2.45. The Hall–Kier alpha value is -0.770. The number of hydrogen-bond donors (Lipinski definition) is 1. The second-order valence-electron chi connectivity index (χ2n) is 6.18. The van der Waals surface area contributed by atoms with Gasteiger partial charge in [-0.25, -0.2) is 0 Å². The fourth-order valence-electron chi connectivity index (χ4n) is 2.93. The first kappa shape index (κ1) is 16.6. The quantitative estimate of drug-likeness (QED) is 0.902. The van der Waals surface area contributed by atoms with Gasteiger partial charge in [0.15, 0.2) is 0 Å². The first-order chi connectivity index (χ1) is 9.97. The van der Waals surface area contributed by atoms with Crippen LogP contribution in [0.1, 0.15) is 37.3 Å². The molecule has 1 aromatic carbocycles. The Balaban J connectivity index is 1.85. The van der Waals surface area contributed by atoms with Gasteiger partial charge in [0.25, 0.3) is 0 Å². The maximum Gasteiger partial charge on any atom is 0.120 e. The Morgan fingerprint density at radius 3 is 2.62 bits per heavy atom. The molecule has 0 aliphatic carbocycles. The molecule has 1 fully saturated rings. The molecule has 1 saturated heterocycles. The molecule has 0 spiro atoms. The van der Waals surface area contributed by atoms with Crippen molar-refractivity contribution >= 4 is 11.6 Å². The summed E-state index contributed by atoms with van der Waals surface area (Å²) >= 11 is 6.15. The minimum Gasteiger partial charge on any atom is -0.491 e. The van der Waals surface area contributed by atoms with E-state index in [1.807, 2.05) is 26.0 Å². The molecule has 1 aliphatic rings. The van der Waals surface area contributed by atoms with Crippen LogP contribution in [0.25, 0.3) is 0 Å². The van der Waals surface area contributed by atoms with E-state index in [9.17, 15) is 5.11 Å². The smallest absolute Gasteiger partial charge is 0.120 e. The van der Waals surface area contributed by atoms with E-state index in [1.165, 1.54) is 19.3 Å². The van der Waals surface area contributed by atoms with Crippen LogP contribution in [0.3, 0.4) is 0 Å². The van der Waals surface area contributed by atoms with Gasteiger partial charge >= 0.3 is 0 Å². The number of benzene rings is 1. The van der Waals surface area contributed by atoms with Gasteiger partial charge in [-0.1, -0.05) is 18.0 Å².